The van der Waals surface area contributed by atoms with Crippen molar-refractivity contribution < 1.29 is 19.4 Å². The molecule has 0 aliphatic carbocycles. The lowest BCUT2D eigenvalue weighted by molar-refractivity contribution is 0.102. The number of aromatic nitrogens is 4. The topological polar surface area (TPSA) is 119 Å². The Kier molecular flexibility index (Phi) is 7.31. The number of carbonyl (C=O) groups is 1. The fourth-order valence-corrected chi connectivity index (χ4v) is 3.94. The van der Waals surface area contributed by atoms with Crippen molar-refractivity contribution in [2.45, 2.75) is 13.0 Å². The number of aliphatic hydroxyl groups excluding tert-OH is 1. The second-order valence-electron chi connectivity index (χ2n) is 7.09. The number of hydrogen-bond acceptors (Lipinski definition) is 9. The molecule has 3 aromatic heterocycles. The van der Waals surface area contributed by atoms with Crippen molar-refractivity contribution in [2.24, 2.45) is 0 Å². The summed E-state index contributed by atoms with van der Waals surface area (Å²) in [5, 5.41) is 21.2. The largest absolute Gasteiger partial charge is 0.496 e. The van der Waals surface area contributed by atoms with Crippen molar-refractivity contribution in [1.29, 1.82) is 0 Å². The van der Waals surface area contributed by atoms with Crippen LogP contribution in [0.3, 0.4) is 0 Å². The van der Waals surface area contributed by atoms with Crippen LogP contribution in [0.5, 0.6) is 10.9 Å². The molecule has 9 nitrogen and oxygen atoms in total. The third-order valence-corrected chi connectivity index (χ3v) is 5.75. The van der Waals surface area contributed by atoms with Crippen LogP contribution in [0, 0.1) is 6.92 Å². The molecule has 0 aliphatic rings. The van der Waals surface area contributed by atoms with E-state index in [2.05, 4.69) is 25.5 Å². The number of halogens is 1. The minimum Gasteiger partial charge on any atom is -0.496 e. The Morgan fingerprint density at radius 2 is 1.97 bits per heavy atom. The van der Waals surface area contributed by atoms with E-state index in [1.165, 1.54) is 12.4 Å². The zero-order valence-electron chi connectivity index (χ0n) is 18.2. The maximum atomic E-state index is 13.1. The Labute approximate surface area is 204 Å². The summed E-state index contributed by atoms with van der Waals surface area (Å²) >= 11 is 6.88. The zero-order chi connectivity index (χ0) is 24.1. The Morgan fingerprint density at radius 3 is 2.71 bits per heavy atom. The number of rotatable bonds is 8. The van der Waals surface area contributed by atoms with Gasteiger partial charge in [0.25, 0.3) is 11.1 Å². The van der Waals surface area contributed by atoms with Gasteiger partial charge in [-0.1, -0.05) is 34.9 Å². The Hall–Kier alpha value is -3.60. The molecule has 2 N–H and O–H groups in total. The summed E-state index contributed by atoms with van der Waals surface area (Å²) in [7, 11) is 1.58. The molecule has 0 radical (unpaired) electrons. The predicted molar refractivity (Wildman–Crippen MR) is 129 cm³/mol. The average Bonchev–Trinajstić information content (AvgIpc) is 3.29. The number of methoxy groups -OCH3 is 1. The number of pyridine rings is 2. The summed E-state index contributed by atoms with van der Waals surface area (Å²) < 4.78 is 11.2. The van der Waals surface area contributed by atoms with E-state index in [1.807, 2.05) is 37.3 Å². The number of carbonyl (C=O) groups excluding carboxylic acids is 1. The number of aryl methyl sites for hydroxylation is 1. The van der Waals surface area contributed by atoms with Crippen LogP contribution in [0.2, 0.25) is 5.02 Å². The summed E-state index contributed by atoms with van der Waals surface area (Å²) in [5.41, 5.74) is 3.04. The zero-order valence-corrected chi connectivity index (χ0v) is 19.8. The minimum atomic E-state index is -0.757. The van der Waals surface area contributed by atoms with Gasteiger partial charge in [0.05, 0.1) is 30.0 Å². The number of ether oxygens (including phenoxy) is 2. The normalized spacial score (nSPS) is 11.6. The molecule has 0 aliphatic heterocycles. The van der Waals surface area contributed by atoms with Gasteiger partial charge in [0.1, 0.15) is 5.75 Å². The molecule has 4 aromatic rings. The van der Waals surface area contributed by atoms with Crippen LogP contribution in [0.4, 0.5) is 5.13 Å². The first-order valence-corrected chi connectivity index (χ1v) is 11.3. The van der Waals surface area contributed by atoms with Gasteiger partial charge in [0.2, 0.25) is 5.13 Å². The van der Waals surface area contributed by atoms with E-state index in [4.69, 9.17) is 21.1 Å². The van der Waals surface area contributed by atoms with E-state index in [0.29, 0.717) is 27.6 Å². The lowest BCUT2D eigenvalue weighted by atomic mass is 9.99. The molecule has 11 heteroatoms. The van der Waals surface area contributed by atoms with Gasteiger partial charge in [0, 0.05) is 29.2 Å². The summed E-state index contributed by atoms with van der Waals surface area (Å²) in [6.45, 7) is 1.52. The van der Waals surface area contributed by atoms with E-state index >= 15 is 0 Å². The number of nitrogens with one attached hydrogen (secondary N) is 1. The van der Waals surface area contributed by atoms with Crippen LogP contribution in [-0.4, -0.2) is 44.9 Å². The van der Waals surface area contributed by atoms with Gasteiger partial charge in [-0.3, -0.25) is 20.1 Å². The molecule has 1 atom stereocenters. The first-order valence-electron chi connectivity index (χ1n) is 10.1. The molecule has 0 saturated carbocycles. The lowest BCUT2D eigenvalue weighted by Crippen LogP contribution is -2.14. The number of hydrogen-bond donors (Lipinski definition) is 2. The van der Waals surface area contributed by atoms with Gasteiger partial charge in [-0.2, -0.15) is 0 Å². The van der Waals surface area contributed by atoms with Crippen LogP contribution in [0.25, 0.3) is 11.1 Å². The Bertz CT molecular complexity index is 1300. The van der Waals surface area contributed by atoms with E-state index in [-0.39, 0.29) is 16.9 Å². The van der Waals surface area contributed by atoms with E-state index in [9.17, 15) is 9.90 Å². The van der Waals surface area contributed by atoms with E-state index in [0.717, 1.165) is 22.6 Å². The SMILES string of the molecule is COc1ccccc1-c1cc(C)ncc1C(=O)Nc1nnc(O[C@H](CO)c2ccc(Cl)cn2)s1. The minimum absolute atomic E-state index is 0.165. The first kappa shape index (κ1) is 23.6. The molecule has 1 amide bonds. The highest BCUT2D eigenvalue weighted by Crippen LogP contribution is 2.33. The molecule has 0 bridgehead atoms. The fraction of sp³-hybridized carbons (Fsp3) is 0.174. The summed E-state index contributed by atoms with van der Waals surface area (Å²) in [6.07, 6.45) is 2.22. The van der Waals surface area contributed by atoms with Gasteiger partial charge in [-0.05, 0) is 42.5 Å². The molecular formula is C23H20ClN5O4S. The van der Waals surface area contributed by atoms with Gasteiger partial charge in [-0.25, -0.2) is 0 Å². The van der Waals surface area contributed by atoms with Gasteiger partial charge < -0.3 is 14.6 Å². The third-order valence-electron chi connectivity index (χ3n) is 4.80. The van der Waals surface area contributed by atoms with E-state index < -0.39 is 12.0 Å². The molecule has 0 unspecified atom stereocenters. The van der Waals surface area contributed by atoms with Crippen LogP contribution in [-0.2, 0) is 0 Å². The number of para-hydroxylation sites is 1. The molecule has 1 aromatic carbocycles. The molecule has 0 fully saturated rings. The molecule has 0 saturated heterocycles. The van der Waals surface area contributed by atoms with Gasteiger partial charge in [-0.15, -0.1) is 5.10 Å². The Balaban J connectivity index is 1.54. The number of amides is 1. The highest BCUT2D eigenvalue weighted by molar-refractivity contribution is 7.17. The number of anilines is 1. The van der Waals surface area contributed by atoms with Crippen LogP contribution < -0.4 is 14.8 Å². The molecule has 3 heterocycles. The number of benzene rings is 1. The van der Waals surface area contributed by atoms with Crippen molar-refractivity contribution in [2.75, 3.05) is 19.0 Å². The molecular weight excluding hydrogens is 478 g/mol. The van der Waals surface area contributed by atoms with Crippen molar-refractivity contribution in [3.05, 3.63) is 76.8 Å². The molecule has 174 valence electrons. The fourth-order valence-electron chi connectivity index (χ4n) is 3.19. The average molecular weight is 498 g/mol. The third kappa shape index (κ3) is 5.30. The maximum absolute atomic E-state index is 13.1. The van der Waals surface area contributed by atoms with E-state index in [1.54, 1.807) is 19.2 Å². The molecule has 34 heavy (non-hydrogen) atoms. The van der Waals surface area contributed by atoms with Crippen LogP contribution in [0.1, 0.15) is 27.8 Å². The van der Waals surface area contributed by atoms with Crippen LogP contribution >= 0.6 is 22.9 Å². The number of aliphatic hydroxyl groups is 1. The molecule has 4 rings (SSSR count). The van der Waals surface area contributed by atoms with Gasteiger partial charge >= 0.3 is 0 Å². The first-order chi connectivity index (χ1) is 16.5. The monoisotopic (exact) mass is 497 g/mol. The highest BCUT2D eigenvalue weighted by Gasteiger charge is 2.20. The Morgan fingerprint density at radius 1 is 1.15 bits per heavy atom. The quantitative estimate of drug-likeness (QED) is 0.369. The summed E-state index contributed by atoms with van der Waals surface area (Å²) in [5.74, 6) is 0.230. The van der Waals surface area contributed by atoms with Gasteiger partial charge in [0.15, 0.2) is 6.10 Å². The summed E-state index contributed by atoms with van der Waals surface area (Å²) in [4.78, 5) is 21.5. The van der Waals surface area contributed by atoms with Crippen LogP contribution in [0.15, 0.2) is 54.9 Å². The lowest BCUT2D eigenvalue weighted by Gasteiger charge is -2.13. The summed E-state index contributed by atoms with van der Waals surface area (Å²) in [6, 6.07) is 12.6. The van der Waals surface area contributed by atoms with Crippen molar-refractivity contribution in [3.8, 4) is 22.1 Å². The molecule has 0 spiro atoms. The highest BCUT2D eigenvalue weighted by atomic mass is 35.5. The predicted octanol–water partition coefficient (Wildman–Crippen LogP) is 4.33. The van der Waals surface area contributed by atoms with Crippen molar-refractivity contribution >= 4 is 34.0 Å². The number of nitrogens with zero attached hydrogens (tertiary/aromatic N) is 4. The second kappa shape index (κ2) is 10.6. The standard InChI is InChI=1S/C23H20ClN5O4S/c1-13-9-16(15-5-3-4-6-19(15)32-2)17(11-25-13)21(31)27-22-28-29-23(34-22)33-20(12-30)18-8-7-14(24)10-26-18/h3-11,20,30H,12H2,1-2H3,(H,27,28,31)/t20-/m1/s1. The second-order valence-corrected chi connectivity index (χ2v) is 8.47. The van der Waals surface area contributed by atoms with Crippen molar-refractivity contribution in [3.63, 3.8) is 0 Å². The maximum Gasteiger partial charge on any atom is 0.296 e. The van der Waals surface area contributed by atoms with Crippen molar-refractivity contribution in [1.82, 2.24) is 20.2 Å². The smallest absolute Gasteiger partial charge is 0.296 e.